The minimum Gasteiger partial charge on any atom is -0.372 e. The predicted octanol–water partition coefficient (Wildman–Crippen LogP) is 3.64. The minimum atomic E-state index is -1.24. The monoisotopic (exact) mass is 430 g/mol. The number of hydrogen-bond acceptors (Lipinski definition) is 4. The van der Waals surface area contributed by atoms with Crippen LogP contribution in [0.2, 0.25) is 0 Å². The third kappa shape index (κ3) is 3.75. The number of nitrogens with zero attached hydrogens (tertiary/aromatic N) is 3. The van der Waals surface area contributed by atoms with Crippen LogP contribution in [0, 0.1) is 29.3 Å². The van der Waals surface area contributed by atoms with Gasteiger partial charge < -0.3 is 10.6 Å². The molecule has 8 heteroatoms. The van der Waals surface area contributed by atoms with Crippen molar-refractivity contribution in [2.75, 3.05) is 25.0 Å². The van der Waals surface area contributed by atoms with Crippen LogP contribution in [-0.4, -0.2) is 36.9 Å². The van der Waals surface area contributed by atoms with Gasteiger partial charge in [-0.15, -0.1) is 0 Å². The van der Waals surface area contributed by atoms with Crippen molar-refractivity contribution < 1.29 is 18.0 Å². The average molecular weight is 430 g/mol. The molecule has 2 aliphatic rings. The smallest absolute Gasteiger partial charge is 0.235 e. The molecule has 1 saturated heterocycles. The normalized spacial score (nSPS) is 25.0. The molecule has 2 N–H and O–H groups in total. The number of rotatable bonds is 3. The number of halogens is 3. The first-order valence-electron chi connectivity index (χ1n) is 10.3. The van der Waals surface area contributed by atoms with E-state index in [-0.39, 0.29) is 29.2 Å². The second kappa shape index (κ2) is 7.90. The largest absolute Gasteiger partial charge is 0.372 e. The Morgan fingerprint density at radius 3 is 2.26 bits per heavy atom. The third-order valence-electron chi connectivity index (χ3n) is 6.57. The lowest BCUT2D eigenvalue weighted by molar-refractivity contribution is -0.137. The van der Waals surface area contributed by atoms with Crippen LogP contribution in [-0.2, 0) is 10.3 Å². The summed E-state index contributed by atoms with van der Waals surface area (Å²) in [5.74, 6) is -2.65. The Bertz CT molecular complexity index is 1020. The molecule has 4 rings (SSSR count). The number of guanidine groups is 1. The van der Waals surface area contributed by atoms with Gasteiger partial charge in [-0.05, 0) is 56.0 Å². The molecule has 0 unspecified atom stereocenters. The van der Waals surface area contributed by atoms with Gasteiger partial charge in [0.2, 0.25) is 5.91 Å². The summed E-state index contributed by atoms with van der Waals surface area (Å²) in [6, 6.07) is 9.65. The summed E-state index contributed by atoms with van der Waals surface area (Å²) >= 11 is 0. The summed E-state index contributed by atoms with van der Waals surface area (Å²) < 4.78 is 41.5. The van der Waals surface area contributed by atoms with E-state index in [1.807, 2.05) is 0 Å². The van der Waals surface area contributed by atoms with E-state index in [9.17, 15) is 18.0 Å². The first kappa shape index (κ1) is 21.2. The summed E-state index contributed by atoms with van der Waals surface area (Å²) in [5.41, 5.74) is 5.82. The van der Waals surface area contributed by atoms with E-state index in [1.165, 1.54) is 29.2 Å². The minimum absolute atomic E-state index is 0.0104. The first-order chi connectivity index (χ1) is 14.7. The van der Waals surface area contributed by atoms with Crippen molar-refractivity contribution in [2.45, 2.75) is 25.3 Å². The van der Waals surface area contributed by atoms with Gasteiger partial charge in [0.1, 0.15) is 23.0 Å². The molecular weight excluding hydrogens is 405 g/mol. The van der Waals surface area contributed by atoms with Gasteiger partial charge in [0.25, 0.3) is 0 Å². The Kier molecular flexibility index (Phi) is 5.41. The van der Waals surface area contributed by atoms with Gasteiger partial charge in [-0.1, -0.05) is 6.07 Å². The maximum absolute atomic E-state index is 14.8. The number of anilines is 1. The Labute approximate surface area is 179 Å². The zero-order chi connectivity index (χ0) is 22.3. The van der Waals surface area contributed by atoms with Crippen molar-refractivity contribution in [1.82, 2.24) is 4.90 Å². The number of benzene rings is 2. The second-order valence-electron chi connectivity index (χ2n) is 8.42. The highest BCUT2D eigenvalue weighted by atomic mass is 19.1. The first-order valence-corrected chi connectivity index (χ1v) is 10.3. The lowest BCUT2D eigenvalue weighted by atomic mass is 9.68. The van der Waals surface area contributed by atoms with Crippen molar-refractivity contribution >= 4 is 17.6 Å². The molecule has 0 bridgehead atoms. The number of nitrogens with two attached hydrogens (primary N) is 1. The van der Waals surface area contributed by atoms with Crippen LogP contribution in [0.3, 0.4) is 0 Å². The maximum Gasteiger partial charge on any atom is 0.235 e. The SMILES string of the molecule is CN1C(=O)[C@H](C2CCN(c3ccc(F)cc3)CC2)[C@@](C)(c2ccc(F)cc2F)N=C1N. The molecule has 0 aliphatic carbocycles. The lowest BCUT2D eigenvalue weighted by Gasteiger charge is -2.46. The Morgan fingerprint density at radius 2 is 1.65 bits per heavy atom. The van der Waals surface area contributed by atoms with Crippen LogP contribution >= 0.6 is 0 Å². The molecule has 2 aromatic carbocycles. The standard InChI is InChI=1S/C23H25F3N4O/c1-23(18-8-5-16(25)13-19(18)26)20(21(31)29(2)22(27)28-23)14-9-11-30(12-10-14)17-6-3-15(24)4-7-17/h3-8,13-14,20H,9-12H2,1-2H3,(H2,27,28)/t20-,23+/m0/s1. The molecule has 0 spiro atoms. The molecular formula is C23H25F3N4O. The molecule has 2 aliphatic heterocycles. The molecule has 164 valence electrons. The van der Waals surface area contributed by atoms with Gasteiger partial charge in [0.05, 0.1) is 5.92 Å². The molecule has 0 radical (unpaired) electrons. The summed E-state index contributed by atoms with van der Waals surface area (Å²) in [6.07, 6.45) is 1.35. The Hall–Kier alpha value is -3.03. The molecule has 1 fully saturated rings. The van der Waals surface area contributed by atoms with Gasteiger partial charge in [-0.25, -0.2) is 18.2 Å². The quantitative estimate of drug-likeness (QED) is 0.809. The Balaban J connectivity index is 1.65. The van der Waals surface area contributed by atoms with Gasteiger partial charge in [0.15, 0.2) is 5.96 Å². The zero-order valence-electron chi connectivity index (χ0n) is 17.5. The van der Waals surface area contributed by atoms with Gasteiger partial charge >= 0.3 is 0 Å². The molecule has 0 saturated carbocycles. The van der Waals surface area contributed by atoms with E-state index >= 15 is 0 Å². The molecule has 2 heterocycles. The van der Waals surface area contributed by atoms with Crippen molar-refractivity contribution in [3.8, 4) is 0 Å². The molecule has 2 aromatic rings. The molecule has 2 atom stereocenters. The van der Waals surface area contributed by atoms with E-state index in [0.29, 0.717) is 25.9 Å². The van der Waals surface area contributed by atoms with Gasteiger partial charge in [0, 0.05) is 37.5 Å². The fourth-order valence-corrected chi connectivity index (χ4v) is 4.88. The number of aliphatic imine (C=N–C) groups is 1. The summed E-state index contributed by atoms with van der Waals surface area (Å²) in [7, 11) is 1.56. The highest BCUT2D eigenvalue weighted by Gasteiger charge is 2.51. The fraction of sp³-hybridized carbons (Fsp3) is 0.391. The number of carbonyl (C=O) groups excluding carboxylic acids is 1. The highest BCUT2D eigenvalue weighted by Crippen LogP contribution is 2.45. The zero-order valence-corrected chi connectivity index (χ0v) is 17.5. The van der Waals surface area contributed by atoms with E-state index in [4.69, 9.17) is 5.73 Å². The summed E-state index contributed by atoms with van der Waals surface area (Å²) in [5, 5.41) is 0. The number of piperidine rings is 1. The predicted molar refractivity (Wildman–Crippen MR) is 113 cm³/mol. The van der Waals surface area contributed by atoms with Crippen molar-refractivity contribution in [1.29, 1.82) is 0 Å². The highest BCUT2D eigenvalue weighted by molar-refractivity contribution is 6.00. The second-order valence-corrected chi connectivity index (χ2v) is 8.42. The van der Waals surface area contributed by atoms with Crippen LogP contribution in [0.5, 0.6) is 0 Å². The number of carbonyl (C=O) groups is 1. The molecule has 5 nitrogen and oxygen atoms in total. The van der Waals surface area contributed by atoms with Crippen molar-refractivity contribution in [2.24, 2.45) is 22.6 Å². The van der Waals surface area contributed by atoms with E-state index in [1.54, 1.807) is 26.1 Å². The van der Waals surface area contributed by atoms with Crippen LogP contribution in [0.4, 0.5) is 18.9 Å². The van der Waals surface area contributed by atoms with Crippen LogP contribution in [0.15, 0.2) is 47.5 Å². The number of amides is 1. The molecule has 31 heavy (non-hydrogen) atoms. The average Bonchev–Trinajstić information content (AvgIpc) is 2.73. The van der Waals surface area contributed by atoms with Crippen LogP contribution in [0.1, 0.15) is 25.3 Å². The van der Waals surface area contributed by atoms with E-state index in [0.717, 1.165) is 11.8 Å². The molecule has 1 amide bonds. The summed E-state index contributed by atoms with van der Waals surface area (Å²) in [4.78, 5) is 21.3. The van der Waals surface area contributed by atoms with Crippen molar-refractivity contribution in [3.05, 3.63) is 65.5 Å². The van der Waals surface area contributed by atoms with Crippen LogP contribution < -0.4 is 10.6 Å². The fourth-order valence-electron chi connectivity index (χ4n) is 4.88. The summed E-state index contributed by atoms with van der Waals surface area (Å²) in [6.45, 7) is 3.04. The van der Waals surface area contributed by atoms with E-state index < -0.39 is 23.1 Å². The maximum atomic E-state index is 14.8. The van der Waals surface area contributed by atoms with E-state index in [2.05, 4.69) is 9.89 Å². The lowest BCUT2D eigenvalue weighted by Crippen LogP contribution is -2.57. The van der Waals surface area contributed by atoms with Crippen LogP contribution in [0.25, 0.3) is 0 Å². The van der Waals surface area contributed by atoms with Gasteiger partial charge in [-0.3, -0.25) is 9.69 Å². The third-order valence-corrected chi connectivity index (χ3v) is 6.57. The topological polar surface area (TPSA) is 61.9 Å². The van der Waals surface area contributed by atoms with Crippen molar-refractivity contribution in [3.63, 3.8) is 0 Å². The molecule has 0 aromatic heterocycles. The van der Waals surface area contributed by atoms with Gasteiger partial charge in [-0.2, -0.15) is 0 Å². The Morgan fingerprint density at radius 1 is 1.03 bits per heavy atom. The number of hydrogen-bond donors (Lipinski definition) is 1.